The minimum atomic E-state index is -0.0353. The Labute approximate surface area is 147 Å². The van der Waals surface area contributed by atoms with Gasteiger partial charge in [-0.25, -0.2) is 9.67 Å². The summed E-state index contributed by atoms with van der Waals surface area (Å²) in [5.74, 6) is 0.818. The van der Waals surface area contributed by atoms with Crippen molar-refractivity contribution in [2.45, 2.75) is 12.8 Å². The highest BCUT2D eigenvalue weighted by atomic mass is 16.1. The van der Waals surface area contributed by atoms with Crippen LogP contribution in [0.2, 0.25) is 0 Å². The smallest absolute Gasteiger partial charge is 0.224 e. The molecule has 6 nitrogen and oxygen atoms in total. The van der Waals surface area contributed by atoms with E-state index in [2.05, 4.69) is 15.4 Å². The Hall–Kier alpha value is -3.15. The molecule has 1 amide bonds. The molecule has 0 saturated heterocycles. The van der Waals surface area contributed by atoms with Crippen molar-refractivity contribution in [2.24, 2.45) is 0 Å². The van der Waals surface area contributed by atoms with Gasteiger partial charge in [0.15, 0.2) is 0 Å². The fourth-order valence-electron chi connectivity index (χ4n) is 2.42. The summed E-state index contributed by atoms with van der Waals surface area (Å²) in [5, 5.41) is 7.21. The van der Waals surface area contributed by atoms with Crippen molar-refractivity contribution in [1.82, 2.24) is 14.8 Å². The van der Waals surface area contributed by atoms with Crippen molar-refractivity contribution in [1.29, 1.82) is 0 Å². The van der Waals surface area contributed by atoms with E-state index in [0.29, 0.717) is 18.5 Å². The summed E-state index contributed by atoms with van der Waals surface area (Å²) in [6.45, 7) is 0. The van der Waals surface area contributed by atoms with Crippen molar-refractivity contribution in [3.63, 3.8) is 0 Å². The quantitative estimate of drug-likeness (QED) is 0.752. The number of para-hydroxylation sites is 1. The fourth-order valence-corrected chi connectivity index (χ4v) is 2.42. The number of rotatable bonds is 6. The van der Waals surface area contributed by atoms with Gasteiger partial charge in [0.25, 0.3) is 0 Å². The lowest BCUT2D eigenvalue weighted by molar-refractivity contribution is -0.116. The molecule has 0 aliphatic rings. The van der Waals surface area contributed by atoms with Gasteiger partial charge < -0.3 is 10.2 Å². The average Bonchev–Trinajstić information content (AvgIpc) is 3.10. The van der Waals surface area contributed by atoms with Crippen LogP contribution in [0.1, 0.15) is 12.0 Å². The Balaban J connectivity index is 1.53. The lowest BCUT2D eigenvalue weighted by Crippen LogP contribution is -2.14. The summed E-state index contributed by atoms with van der Waals surface area (Å²) in [6.07, 6.45) is 6.46. The van der Waals surface area contributed by atoms with Crippen molar-refractivity contribution < 1.29 is 4.79 Å². The first-order valence-corrected chi connectivity index (χ1v) is 8.14. The first-order chi connectivity index (χ1) is 12.1. The van der Waals surface area contributed by atoms with E-state index in [-0.39, 0.29) is 5.91 Å². The van der Waals surface area contributed by atoms with Crippen LogP contribution in [0, 0.1) is 0 Å². The number of nitrogens with one attached hydrogen (secondary N) is 1. The van der Waals surface area contributed by atoms with Gasteiger partial charge in [0.05, 0.1) is 23.8 Å². The van der Waals surface area contributed by atoms with Gasteiger partial charge in [0.1, 0.15) is 5.82 Å². The van der Waals surface area contributed by atoms with Crippen LogP contribution in [-0.4, -0.2) is 34.8 Å². The summed E-state index contributed by atoms with van der Waals surface area (Å²) < 4.78 is 1.82. The van der Waals surface area contributed by atoms with Gasteiger partial charge in [-0.05, 0) is 36.2 Å². The number of carbonyl (C=O) groups is 1. The number of hydrogen-bond donors (Lipinski definition) is 1. The zero-order valence-electron chi connectivity index (χ0n) is 14.4. The minimum Gasteiger partial charge on any atom is -0.363 e. The number of nitrogens with zero attached hydrogens (tertiary/aromatic N) is 4. The average molecular weight is 335 g/mol. The first-order valence-electron chi connectivity index (χ1n) is 8.14. The van der Waals surface area contributed by atoms with E-state index in [0.717, 1.165) is 17.1 Å². The zero-order valence-corrected chi connectivity index (χ0v) is 14.4. The maximum atomic E-state index is 12.1. The molecule has 0 atom stereocenters. The summed E-state index contributed by atoms with van der Waals surface area (Å²) in [7, 11) is 3.85. The maximum Gasteiger partial charge on any atom is 0.224 e. The fraction of sp³-hybridized carbons (Fsp3) is 0.211. The van der Waals surface area contributed by atoms with Crippen molar-refractivity contribution in [2.75, 3.05) is 24.3 Å². The van der Waals surface area contributed by atoms with Gasteiger partial charge in [-0.3, -0.25) is 4.79 Å². The van der Waals surface area contributed by atoms with E-state index in [1.807, 2.05) is 72.3 Å². The molecule has 3 rings (SSSR count). The topological polar surface area (TPSA) is 63.1 Å². The van der Waals surface area contributed by atoms with Crippen LogP contribution in [0.15, 0.2) is 61.1 Å². The molecule has 1 aromatic carbocycles. The van der Waals surface area contributed by atoms with E-state index in [1.54, 1.807) is 12.4 Å². The molecule has 0 bridgehead atoms. The molecule has 0 aliphatic heterocycles. The molecular weight excluding hydrogens is 314 g/mol. The second-order valence-corrected chi connectivity index (χ2v) is 5.98. The van der Waals surface area contributed by atoms with Gasteiger partial charge in [0.2, 0.25) is 5.91 Å². The van der Waals surface area contributed by atoms with Crippen LogP contribution in [-0.2, 0) is 11.2 Å². The van der Waals surface area contributed by atoms with Crippen molar-refractivity contribution in [3.8, 4) is 5.69 Å². The molecular formula is C19H21N5O. The summed E-state index contributed by atoms with van der Waals surface area (Å²) in [4.78, 5) is 18.3. The molecule has 0 spiro atoms. The van der Waals surface area contributed by atoms with Gasteiger partial charge in [-0.2, -0.15) is 5.10 Å². The third-order valence-electron chi connectivity index (χ3n) is 3.79. The number of pyridine rings is 1. The van der Waals surface area contributed by atoms with Gasteiger partial charge in [-0.15, -0.1) is 0 Å². The first kappa shape index (κ1) is 16.7. The highest BCUT2D eigenvalue weighted by Gasteiger charge is 2.06. The molecule has 3 aromatic rings. The summed E-state index contributed by atoms with van der Waals surface area (Å²) >= 11 is 0. The van der Waals surface area contributed by atoms with E-state index < -0.39 is 0 Å². The van der Waals surface area contributed by atoms with E-state index in [9.17, 15) is 4.79 Å². The van der Waals surface area contributed by atoms with Crippen LogP contribution in [0.5, 0.6) is 0 Å². The Morgan fingerprint density at radius 1 is 1.12 bits per heavy atom. The van der Waals surface area contributed by atoms with E-state index >= 15 is 0 Å². The molecule has 0 saturated carbocycles. The van der Waals surface area contributed by atoms with Crippen LogP contribution >= 0.6 is 0 Å². The van der Waals surface area contributed by atoms with Crippen LogP contribution in [0.3, 0.4) is 0 Å². The zero-order chi connectivity index (χ0) is 17.6. The third-order valence-corrected chi connectivity index (χ3v) is 3.79. The number of anilines is 2. The number of hydrogen-bond acceptors (Lipinski definition) is 4. The van der Waals surface area contributed by atoms with Crippen LogP contribution in [0.4, 0.5) is 11.5 Å². The third kappa shape index (κ3) is 4.44. The lowest BCUT2D eigenvalue weighted by Gasteiger charge is -2.11. The largest absolute Gasteiger partial charge is 0.363 e. The number of aryl methyl sites for hydroxylation is 1. The Kier molecular flexibility index (Phi) is 5.09. The summed E-state index contributed by atoms with van der Waals surface area (Å²) in [6, 6.07) is 13.6. The maximum absolute atomic E-state index is 12.1. The minimum absolute atomic E-state index is 0.0353. The second-order valence-electron chi connectivity index (χ2n) is 5.98. The van der Waals surface area contributed by atoms with Crippen molar-refractivity contribution >= 4 is 17.4 Å². The summed E-state index contributed by atoms with van der Waals surface area (Å²) in [5.41, 5.74) is 2.74. The molecule has 25 heavy (non-hydrogen) atoms. The highest BCUT2D eigenvalue weighted by molar-refractivity contribution is 5.90. The van der Waals surface area contributed by atoms with Crippen LogP contribution in [0.25, 0.3) is 5.69 Å². The predicted octanol–water partition coefficient (Wildman–Crippen LogP) is 2.90. The number of benzene rings is 1. The molecule has 1 N–H and O–H groups in total. The molecule has 6 heteroatoms. The lowest BCUT2D eigenvalue weighted by atomic mass is 10.2. The molecule has 0 radical (unpaired) electrons. The predicted molar refractivity (Wildman–Crippen MR) is 99.1 cm³/mol. The van der Waals surface area contributed by atoms with Gasteiger partial charge in [-0.1, -0.05) is 18.2 Å². The standard InChI is InChI=1S/C19H21N5O/c1-23(2)18-10-9-16(13-20-18)22-19(25)11-8-15-12-21-24(14-15)17-6-4-3-5-7-17/h3-7,9-10,12-14H,8,11H2,1-2H3,(H,22,25). The van der Waals surface area contributed by atoms with E-state index in [4.69, 9.17) is 0 Å². The van der Waals surface area contributed by atoms with Gasteiger partial charge >= 0.3 is 0 Å². The Morgan fingerprint density at radius 3 is 2.60 bits per heavy atom. The molecule has 0 fully saturated rings. The normalized spacial score (nSPS) is 10.5. The monoisotopic (exact) mass is 335 g/mol. The second kappa shape index (κ2) is 7.61. The highest BCUT2D eigenvalue weighted by Crippen LogP contribution is 2.13. The van der Waals surface area contributed by atoms with Crippen molar-refractivity contribution in [3.05, 3.63) is 66.6 Å². The Bertz CT molecular complexity index is 825. The number of aromatic nitrogens is 3. The van der Waals surface area contributed by atoms with Crippen LogP contribution < -0.4 is 10.2 Å². The Morgan fingerprint density at radius 2 is 1.92 bits per heavy atom. The molecule has 0 aliphatic carbocycles. The van der Waals surface area contributed by atoms with Gasteiger partial charge in [0, 0.05) is 26.7 Å². The SMILES string of the molecule is CN(C)c1ccc(NC(=O)CCc2cnn(-c3ccccc3)c2)cn1. The molecule has 2 heterocycles. The molecule has 128 valence electrons. The number of carbonyl (C=O) groups excluding carboxylic acids is 1. The molecule has 0 unspecified atom stereocenters. The number of amides is 1. The molecule has 2 aromatic heterocycles. The van der Waals surface area contributed by atoms with E-state index in [1.165, 1.54) is 0 Å².